The standard InChI is InChI=1S/C9H15AsN2O2S/c1-6-4-9(7(2)11)12-5-8(6)10-15(3,13)14/h4-5,7,10H,11H2,1-3H3/t7-/m1/s1. The van der Waals surface area contributed by atoms with Crippen LogP contribution in [0.2, 0.25) is 0 Å². The summed E-state index contributed by atoms with van der Waals surface area (Å²) in [5.74, 6) is 0. The second-order valence-electron chi connectivity index (χ2n) is 3.59. The molecule has 15 heavy (non-hydrogen) atoms. The molecule has 0 aliphatic carbocycles. The van der Waals surface area contributed by atoms with Crippen LogP contribution in [0.4, 0.5) is 0 Å². The van der Waals surface area contributed by atoms with Crippen LogP contribution in [-0.4, -0.2) is 34.3 Å². The summed E-state index contributed by atoms with van der Waals surface area (Å²) >= 11 is -1.14. The van der Waals surface area contributed by atoms with Crippen LogP contribution >= 0.6 is 0 Å². The first-order chi connectivity index (χ1) is 6.79. The van der Waals surface area contributed by atoms with Crippen LogP contribution in [0, 0.1) is 6.92 Å². The molecule has 0 amide bonds. The van der Waals surface area contributed by atoms with Crippen molar-refractivity contribution in [3.05, 3.63) is 23.5 Å². The Morgan fingerprint density at radius 2 is 2.13 bits per heavy atom. The SMILES string of the molecule is Cc1cc([C@@H](C)N)ncc1[AsH]S(C)(=O)=O. The molecule has 1 rings (SSSR count). The summed E-state index contributed by atoms with van der Waals surface area (Å²) < 4.78 is 23.2. The van der Waals surface area contributed by atoms with Gasteiger partial charge in [-0.25, -0.2) is 0 Å². The molecule has 0 aliphatic rings. The molecule has 0 saturated carbocycles. The van der Waals surface area contributed by atoms with Crippen molar-refractivity contribution in [2.24, 2.45) is 5.73 Å². The van der Waals surface area contributed by atoms with E-state index in [-0.39, 0.29) is 6.04 Å². The first kappa shape index (κ1) is 12.7. The number of nitrogens with two attached hydrogens (primary N) is 1. The van der Waals surface area contributed by atoms with Gasteiger partial charge in [-0.2, -0.15) is 0 Å². The fraction of sp³-hybridized carbons (Fsp3) is 0.444. The Balaban J connectivity index is 3.04. The third kappa shape index (κ3) is 3.93. The van der Waals surface area contributed by atoms with Gasteiger partial charge in [0.05, 0.1) is 0 Å². The molecule has 0 aliphatic heterocycles. The monoisotopic (exact) mass is 290 g/mol. The summed E-state index contributed by atoms with van der Waals surface area (Å²) in [6, 6.07) is 1.75. The summed E-state index contributed by atoms with van der Waals surface area (Å²) in [5.41, 5.74) is 7.47. The van der Waals surface area contributed by atoms with Crippen LogP contribution < -0.4 is 10.1 Å². The maximum atomic E-state index is 11.2. The van der Waals surface area contributed by atoms with Crippen molar-refractivity contribution >= 4 is 27.0 Å². The van der Waals surface area contributed by atoms with E-state index in [0.29, 0.717) is 0 Å². The van der Waals surface area contributed by atoms with Gasteiger partial charge in [0.1, 0.15) is 0 Å². The van der Waals surface area contributed by atoms with Crippen LogP contribution in [0.25, 0.3) is 0 Å². The number of hydrogen-bond donors (Lipinski definition) is 1. The second-order valence-corrected chi connectivity index (χ2v) is 12.4. The molecule has 0 saturated heterocycles. The minimum absolute atomic E-state index is 0.115. The maximum absolute atomic E-state index is 11.2. The number of pyridine rings is 1. The van der Waals surface area contributed by atoms with E-state index in [4.69, 9.17) is 5.73 Å². The molecular formula is C9H15AsN2O2S. The minimum atomic E-state index is -2.88. The van der Waals surface area contributed by atoms with Gasteiger partial charge in [-0.3, -0.25) is 0 Å². The number of rotatable bonds is 3. The third-order valence-electron chi connectivity index (χ3n) is 1.89. The summed E-state index contributed by atoms with van der Waals surface area (Å²) in [6.07, 6.45) is 2.92. The Hall–Kier alpha value is -0.382. The van der Waals surface area contributed by atoms with E-state index in [9.17, 15) is 8.42 Å². The predicted molar refractivity (Wildman–Crippen MR) is 63.2 cm³/mol. The van der Waals surface area contributed by atoms with Crippen LogP contribution in [0.15, 0.2) is 12.3 Å². The molecule has 0 radical (unpaired) electrons. The molecule has 0 spiro atoms. The zero-order valence-electron chi connectivity index (χ0n) is 8.98. The van der Waals surface area contributed by atoms with E-state index in [1.807, 2.05) is 19.9 Å². The molecule has 1 unspecified atom stereocenters. The van der Waals surface area contributed by atoms with Crippen LogP contribution in [0.1, 0.15) is 24.2 Å². The fourth-order valence-electron chi connectivity index (χ4n) is 1.13. The van der Waals surface area contributed by atoms with Crippen LogP contribution in [-0.2, 0) is 8.10 Å². The molecule has 1 aromatic heterocycles. The van der Waals surface area contributed by atoms with Gasteiger partial charge < -0.3 is 0 Å². The van der Waals surface area contributed by atoms with Gasteiger partial charge in [-0.15, -0.1) is 0 Å². The quantitative estimate of drug-likeness (QED) is 0.757. The molecule has 6 heteroatoms. The normalized spacial score (nSPS) is 14.7. The Labute approximate surface area is 95.9 Å². The molecule has 1 heterocycles. The van der Waals surface area contributed by atoms with Crippen LogP contribution in [0.3, 0.4) is 0 Å². The number of aromatic nitrogens is 1. The average molecular weight is 290 g/mol. The zero-order valence-corrected chi connectivity index (χ0v) is 11.9. The van der Waals surface area contributed by atoms with E-state index in [1.54, 1.807) is 6.20 Å². The van der Waals surface area contributed by atoms with Gasteiger partial charge in [0.2, 0.25) is 0 Å². The summed E-state index contributed by atoms with van der Waals surface area (Å²) in [4.78, 5) is 4.16. The van der Waals surface area contributed by atoms with Gasteiger partial charge in [-0.05, 0) is 0 Å². The van der Waals surface area contributed by atoms with Crippen molar-refractivity contribution in [1.82, 2.24) is 4.98 Å². The van der Waals surface area contributed by atoms with Crippen molar-refractivity contribution in [3.8, 4) is 0 Å². The third-order valence-corrected chi connectivity index (χ3v) is 7.30. The topological polar surface area (TPSA) is 73.0 Å². The molecule has 1 aromatic rings. The molecular weight excluding hydrogens is 275 g/mol. The second kappa shape index (κ2) is 4.64. The van der Waals surface area contributed by atoms with Crippen molar-refractivity contribution in [2.45, 2.75) is 19.9 Å². The Kier molecular flexibility index (Phi) is 3.92. The fourth-order valence-corrected chi connectivity index (χ4v) is 5.89. The first-order valence-corrected chi connectivity index (χ1v) is 10.0. The molecule has 2 N–H and O–H groups in total. The van der Waals surface area contributed by atoms with E-state index in [2.05, 4.69) is 4.98 Å². The first-order valence-electron chi connectivity index (χ1n) is 4.49. The van der Waals surface area contributed by atoms with E-state index in [1.165, 1.54) is 6.26 Å². The molecule has 2 atom stereocenters. The predicted octanol–water partition coefficient (Wildman–Crippen LogP) is -0.569. The van der Waals surface area contributed by atoms with E-state index in [0.717, 1.165) is 15.6 Å². The number of hydrogen-bond acceptors (Lipinski definition) is 4. The zero-order chi connectivity index (χ0) is 11.6. The van der Waals surface area contributed by atoms with E-state index >= 15 is 0 Å². The van der Waals surface area contributed by atoms with Gasteiger partial charge in [0.15, 0.2) is 0 Å². The molecule has 0 fully saturated rings. The van der Waals surface area contributed by atoms with Gasteiger partial charge in [0, 0.05) is 0 Å². The van der Waals surface area contributed by atoms with Gasteiger partial charge in [0.25, 0.3) is 0 Å². The average Bonchev–Trinajstić information content (AvgIpc) is 2.05. The Bertz CT molecular complexity index is 457. The summed E-state index contributed by atoms with van der Waals surface area (Å²) in [6.45, 7) is 3.76. The summed E-state index contributed by atoms with van der Waals surface area (Å²) in [7, 11) is -2.88. The van der Waals surface area contributed by atoms with Crippen LogP contribution in [0.5, 0.6) is 0 Å². The van der Waals surface area contributed by atoms with Gasteiger partial charge in [-0.1, -0.05) is 0 Å². The van der Waals surface area contributed by atoms with Crippen molar-refractivity contribution < 1.29 is 8.42 Å². The number of aryl methyl sites for hydroxylation is 1. The summed E-state index contributed by atoms with van der Waals surface area (Å²) in [5, 5.41) is 0. The molecule has 84 valence electrons. The van der Waals surface area contributed by atoms with Gasteiger partial charge >= 0.3 is 95.8 Å². The Morgan fingerprint density at radius 3 is 2.53 bits per heavy atom. The van der Waals surface area contributed by atoms with E-state index < -0.39 is 22.7 Å². The number of nitrogens with zero attached hydrogens (tertiary/aromatic N) is 1. The molecule has 0 aromatic carbocycles. The molecule has 0 bridgehead atoms. The van der Waals surface area contributed by atoms with Crippen molar-refractivity contribution in [1.29, 1.82) is 0 Å². The van der Waals surface area contributed by atoms with Crippen molar-refractivity contribution in [2.75, 3.05) is 6.26 Å². The molecule has 4 nitrogen and oxygen atoms in total. The Morgan fingerprint density at radius 1 is 1.53 bits per heavy atom. The van der Waals surface area contributed by atoms with Crippen molar-refractivity contribution in [3.63, 3.8) is 0 Å².